The van der Waals surface area contributed by atoms with E-state index in [1.54, 1.807) is 0 Å². The van der Waals surface area contributed by atoms with Crippen LogP contribution in [0.5, 0.6) is 0 Å². The van der Waals surface area contributed by atoms with Gasteiger partial charge in [-0.25, -0.2) is 8.78 Å². The van der Waals surface area contributed by atoms with E-state index in [2.05, 4.69) is 17.6 Å². The van der Waals surface area contributed by atoms with Crippen LogP contribution in [0.2, 0.25) is 0 Å². The minimum Gasteiger partial charge on any atom is -0.347 e. The van der Waals surface area contributed by atoms with Gasteiger partial charge in [0, 0.05) is 18.2 Å². The molecule has 0 spiro atoms. The summed E-state index contributed by atoms with van der Waals surface area (Å²) in [7, 11) is 0. The third-order valence-corrected chi connectivity index (χ3v) is 4.01. The molecule has 0 bridgehead atoms. The Hall–Kier alpha value is -1.49. The van der Waals surface area contributed by atoms with E-state index in [0.29, 0.717) is 5.92 Å². The van der Waals surface area contributed by atoms with Crippen molar-refractivity contribution in [2.45, 2.75) is 39.3 Å². The standard InChI is InChI=1S/C15H20F2N2O/c1-8-4-5-18-10(3)14(8)19-15(20)11-6-9(2)12(16)7-13(11)17/h6-8,10,14,18H,4-5H2,1-3H3,(H,19,20). The zero-order valence-electron chi connectivity index (χ0n) is 12.0. The van der Waals surface area contributed by atoms with Crippen molar-refractivity contribution in [1.82, 2.24) is 10.6 Å². The fraction of sp³-hybridized carbons (Fsp3) is 0.533. The van der Waals surface area contributed by atoms with Gasteiger partial charge in [0.05, 0.1) is 5.56 Å². The lowest BCUT2D eigenvalue weighted by Crippen LogP contribution is -2.56. The molecule has 3 nitrogen and oxygen atoms in total. The molecule has 0 radical (unpaired) electrons. The van der Waals surface area contributed by atoms with Gasteiger partial charge in [-0.15, -0.1) is 0 Å². The van der Waals surface area contributed by atoms with Crippen molar-refractivity contribution in [3.63, 3.8) is 0 Å². The van der Waals surface area contributed by atoms with Crippen molar-refractivity contribution in [3.05, 3.63) is 34.9 Å². The molecule has 1 aromatic rings. The predicted molar refractivity (Wildman–Crippen MR) is 73.6 cm³/mol. The zero-order chi connectivity index (χ0) is 14.9. The Balaban J connectivity index is 2.17. The summed E-state index contributed by atoms with van der Waals surface area (Å²) in [4.78, 5) is 12.2. The van der Waals surface area contributed by atoms with Crippen LogP contribution in [0.15, 0.2) is 12.1 Å². The van der Waals surface area contributed by atoms with Crippen LogP contribution in [0.25, 0.3) is 0 Å². The Morgan fingerprint density at radius 1 is 1.30 bits per heavy atom. The van der Waals surface area contributed by atoms with Gasteiger partial charge < -0.3 is 10.6 Å². The predicted octanol–water partition coefficient (Wildman–Crippen LogP) is 2.39. The summed E-state index contributed by atoms with van der Waals surface area (Å²) in [6.45, 7) is 6.49. The van der Waals surface area contributed by atoms with Crippen LogP contribution in [0, 0.1) is 24.5 Å². The number of aryl methyl sites for hydroxylation is 1. The van der Waals surface area contributed by atoms with Gasteiger partial charge in [0.15, 0.2) is 0 Å². The Morgan fingerprint density at radius 2 is 2.00 bits per heavy atom. The summed E-state index contributed by atoms with van der Waals surface area (Å²) < 4.78 is 26.9. The second kappa shape index (κ2) is 5.87. The molecule has 1 fully saturated rings. The molecule has 3 unspecified atom stereocenters. The first-order valence-corrected chi connectivity index (χ1v) is 6.90. The first-order valence-electron chi connectivity index (χ1n) is 6.90. The number of piperidine rings is 1. The molecular formula is C15H20F2N2O. The number of benzene rings is 1. The molecule has 1 aliphatic heterocycles. The molecule has 0 aliphatic carbocycles. The molecule has 1 heterocycles. The Bertz CT molecular complexity index is 509. The van der Waals surface area contributed by atoms with Gasteiger partial charge in [0.2, 0.25) is 0 Å². The van der Waals surface area contributed by atoms with Crippen LogP contribution in [0.1, 0.15) is 36.2 Å². The van der Waals surface area contributed by atoms with Gasteiger partial charge in [0.1, 0.15) is 11.6 Å². The molecule has 1 aliphatic rings. The number of amides is 1. The highest BCUT2D eigenvalue weighted by molar-refractivity contribution is 5.95. The smallest absolute Gasteiger partial charge is 0.254 e. The maximum Gasteiger partial charge on any atom is 0.254 e. The van der Waals surface area contributed by atoms with Gasteiger partial charge in [-0.3, -0.25) is 4.79 Å². The maximum atomic E-state index is 13.7. The van der Waals surface area contributed by atoms with E-state index in [4.69, 9.17) is 0 Å². The highest BCUT2D eigenvalue weighted by atomic mass is 19.1. The van der Waals surface area contributed by atoms with Crippen molar-refractivity contribution < 1.29 is 13.6 Å². The molecule has 2 N–H and O–H groups in total. The monoisotopic (exact) mass is 282 g/mol. The topological polar surface area (TPSA) is 41.1 Å². The molecule has 2 rings (SSSR count). The molecule has 20 heavy (non-hydrogen) atoms. The average molecular weight is 282 g/mol. The molecule has 1 saturated heterocycles. The fourth-order valence-electron chi connectivity index (χ4n) is 2.67. The first-order chi connectivity index (χ1) is 9.40. The number of carbonyl (C=O) groups excluding carboxylic acids is 1. The minimum atomic E-state index is -0.824. The summed E-state index contributed by atoms with van der Waals surface area (Å²) >= 11 is 0. The normalized spacial score (nSPS) is 26.4. The molecular weight excluding hydrogens is 262 g/mol. The number of hydrogen-bond acceptors (Lipinski definition) is 2. The van der Waals surface area contributed by atoms with Crippen LogP contribution >= 0.6 is 0 Å². The third-order valence-electron chi connectivity index (χ3n) is 4.01. The van der Waals surface area contributed by atoms with Crippen LogP contribution in [0.3, 0.4) is 0 Å². The average Bonchev–Trinajstić information content (AvgIpc) is 2.38. The lowest BCUT2D eigenvalue weighted by Gasteiger charge is -2.36. The van der Waals surface area contributed by atoms with Crippen LogP contribution in [-0.2, 0) is 0 Å². The van der Waals surface area contributed by atoms with E-state index in [1.807, 2.05) is 6.92 Å². The Morgan fingerprint density at radius 3 is 2.65 bits per heavy atom. The molecule has 1 aromatic carbocycles. The molecule has 0 saturated carbocycles. The Labute approximate surface area is 117 Å². The van der Waals surface area contributed by atoms with Crippen molar-refractivity contribution in [2.24, 2.45) is 5.92 Å². The molecule has 1 amide bonds. The summed E-state index contributed by atoms with van der Waals surface area (Å²) in [5.74, 6) is -1.63. The zero-order valence-corrected chi connectivity index (χ0v) is 12.0. The summed E-state index contributed by atoms with van der Waals surface area (Å²) in [6, 6.07) is 2.09. The minimum absolute atomic E-state index is 0.0546. The van der Waals surface area contributed by atoms with Crippen molar-refractivity contribution in [3.8, 4) is 0 Å². The lowest BCUT2D eigenvalue weighted by atomic mass is 9.89. The van der Waals surface area contributed by atoms with Crippen molar-refractivity contribution in [1.29, 1.82) is 0 Å². The second-order valence-electron chi connectivity index (χ2n) is 5.59. The van der Waals surface area contributed by atoms with E-state index in [9.17, 15) is 13.6 Å². The van der Waals surface area contributed by atoms with E-state index in [1.165, 1.54) is 13.0 Å². The lowest BCUT2D eigenvalue weighted by molar-refractivity contribution is 0.0893. The first kappa shape index (κ1) is 14.9. The molecule has 3 atom stereocenters. The number of rotatable bonds is 2. The largest absolute Gasteiger partial charge is 0.347 e. The highest BCUT2D eigenvalue weighted by Gasteiger charge is 2.29. The van der Waals surface area contributed by atoms with Crippen LogP contribution in [-0.4, -0.2) is 24.5 Å². The van der Waals surface area contributed by atoms with Gasteiger partial charge >= 0.3 is 0 Å². The number of halogens is 2. The van der Waals surface area contributed by atoms with Gasteiger partial charge in [0.25, 0.3) is 5.91 Å². The third kappa shape index (κ3) is 2.98. The van der Waals surface area contributed by atoms with Crippen molar-refractivity contribution >= 4 is 5.91 Å². The summed E-state index contributed by atoms with van der Waals surface area (Å²) in [6.07, 6.45) is 0.959. The van der Waals surface area contributed by atoms with Gasteiger partial charge in [-0.05, 0) is 44.4 Å². The number of carbonyl (C=O) groups is 1. The van der Waals surface area contributed by atoms with E-state index in [-0.39, 0.29) is 23.2 Å². The van der Waals surface area contributed by atoms with E-state index < -0.39 is 17.5 Å². The van der Waals surface area contributed by atoms with Crippen molar-refractivity contribution in [2.75, 3.05) is 6.54 Å². The second-order valence-corrected chi connectivity index (χ2v) is 5.59. The number of nitrogens with one attached hydrogen (secondary N) is 2. The quantitative estimate of drug-likeness (QED) is 0.874. The maximum absolute atomic E-state index is 13.7. The van der Waals surface area contributed by atoms with Gasteiger partial charge in [-0.1, -0.05) is 6.92 Å². The number of hydrogen-bond donors (Lipinski definition) is 2. The van der Waals surface area contributed by atoms with E-state index in [0.717, 1.165) is 19.0 Å². The molecule has 5 heteroatoms. The highest BCUT2D eigenvalue weighted by Crippen LogP contribution is 2.18. The molecule has 0 aromatic heterocycles. The SMILES string of the molecule is Cc1cc(C(=O)NC2C(C)CCNC2C)c(F)cc1F. The van der Waals surface area contributed by atoms with Gasteiger partial charge in [-0.2, -0.15) is 0 Å². The van der Waals surface area contributed by atoms with Crippen LogP contribution < -0.4 is 10.6 Å². The Kier molecular flexibility index (Phi) is 4.38. The fourth-order valence-corrected chi connectivity index (χ4v) is 2.67. The van der Waals surface area contributed by atoms with Crippen LogP contribution in [0.4, 0.5) is 8.78 Å². The summed E-state index contributed by atoms with van der Waals surface area (Å²) in [5, 5.41) is 6.14. The summed E-state index contributed by atoms with van der Waals surface area (Å²) in [5.41, 5.74) is 0.160. The molecule has 110 valence electrons. The van der Waals surface area contributed by atoms with E-state index >= 15 is 0 Å².